The first-order valence-corrected chi connectivity index (χ1v) is 11.8. The minimum absolute atomic E-state index is 0.136. The van der Waals surface area contributed by atoms with Gasteiger partial charge in [-0.3, -0.25) is 4.55 Å². The van der Waals surface area contributed by atoms with E-state index in [9.17, 15) is 21.4 Å². The molecule has 29 heavy (non-hydrogen) atoms. The van der Waals surface area contributed by atoms with Crippen LogP contribution in [0.1, 0.15) is 5.82 Å². The van der Waals surface area contributed by atoms with Gasteiger partial charge in [-0.1, -0.05) is 24.3 Å². The predicted molar refractivity (Wildman–Crippen MR) is 109 cm³/mol. The maximum Gasteiger partial charge on any atom is 0.336 e. The third-order valence-electron chi connectivity index (χ3n) is 4.97. The van der Waals surface area contributed by atoms with E-state index in [1.54, 1.807) is 49.4 Å². The summed E-state index contributed by atoms with van der Waals surface area (Å²) in [6.45, 7) is 2.63. The van der Waals surface area contributed by atoms with Gasteiger partial charge in [0.1, 0.15) is 11.3 Å². The Morgan fingerprint density at radius 1 is 0.897 bits per heavy atom. The minimum Gasteiger partial charge on any atom is -0.367 e. The number of aromatic nitrogens is 2. The largest absolute Gasteiger partial charge is 0.367 e. The van der Waals surface area contributed by atoms with Crippen LogP contribution in [0.4, 0.5) is 5.69 Å². The summed E-state index contributed by atoms with van der Waals surface area (Å²) in [5.41, 5.74) is 1.72. The Balaban J connectivity index is 1.76. The van der Waals surface area contributed by atoms with Gasteiger partial charge in [0.15, 0.2) is 0 Å². The van der Waals surface area contributed by atoms with Crippen LogP contribution in [-0.2, 0) is 20.3 Å². The van der Waals surface area contributed by atoms with Crippen molar-refractivity contribution in [2.45, 2.75) is 11.8 Å². The van der Waals surface area contributed by atoms with Gasteiger partial charge >= 0.3 is 10.3 Å². The van der Waals surface area contributed by atoms with Gasteiger partial charge < -0.3 is 4.90 Å². The summed E-state index contributed by atoms with van der Waals surface area (Å²) in [6, 6.07) is 13.5. The molecule has 1 aromatic heterocycles. The third-order valence-corrected chi connectivity index (χ3v) is 7.79. The molecule has 0 unspecified atom stereocenters. The molecule has 0 amide bonds. The zero-order valence-corrected chi connectivity index (χ0v) is 17.3. The molecule has 0 saturated carbocycles. The summed E-state index contributed by atoms with van der Waals surface area (Å²) < 4.78 is 60.4. The molecule has 4 rings (SSSR count). The summed E-state index contributed by atoms with van der Waals surface area (Å²) in [5, 5.41) is 0. The van der Waals surface area contributed by atoms with E-state index in [-0.39, 0.29) is 18.0 Å². The number of para-hydroxylation sites is 1. The van der Waals surface area contributed by atoms with Gasteiger partial charge in [0.05, 0.1) is 16.1 Å². The summed E-state index contributed by atoms with van der Waals surface area (Å²) in [6.07, 6.45) is 0. The predicted octanol–water partition coefficient (Wildman–Crippen LogP) is 1.51. The van der Waals surface area contributed by atoms with Crippen molar-refractivity contribution in [1.29, 1.82) is 0 Å². The van der Waals surface area contributed by atoms with Crippen LogP contribution >= 0.6 is 0 Å². The van der Waals surface area contributed by atoms with Crippen molar-refractivity contribution in [2.24, 2.45) is 0 Å². The molecule has 0 spiro atoms. The summed E-state index contributed by atoms with van der Waals surface area (Å²) in [7, 11) is -8.03. The highest BCUT2D eigenvalue weighted by molar-refractivity contribution is 7.90. The highest BCUT2D eigenvalue weighted by Gasteiger charge is 2.28. The van der Waals surface area contributed by atoms with Crippen molar-refractivity contribution in [2.75, 3.05) is 31.1 Å². The van der Waals surface area contributed by atoms with Crippen LogP contribution in [-0.4, -0.2) is 60.8 Å². The zero-order valence-electron chi connectivity index (χ0n) is 15.6. The van der Waals surface area contributed by atoms with E-state index in [1.807, 2.05) is 11.0 Å². The SMILES string of the molecule is Cc1nc2c(N3CCN(S(=O)(=O)O)CC3)cccc2n1S(=O)(=O)c1ccccc1. The molecular weight excluding hydrogens is 416 g/mol. The smallest absolute Gasteiger partial charge is 0.336 e. The van der Waals surface area contributed by atoms with Crippen LogP contribution in [0, 0.1) is 6.92 Å². The first-order valence-electron chi connectivity index (χ1n) is 8.96. The highest BCUT2D eigenvalue weighted by Crippen LogP contribution is 2.30. The number of piperazine rings is 1. The number of anilines is 1. The van der Waals surface area contributed by atoms with Gasteiger partial charge in [0.25, 0.3) is 10.0 Å². The zero-order chi connectivity index (χ0) is 20.8. The lowest BCUT2D eigenvalue weighted by molar-refractivity contribution is 0.335. The monoisotopic (exact) mass is 436 g/mol. The average molecular weight is 437 g/mol. The Labute approximate surface area is 169 Å². The Morgan fingerprint density at radius 2 is 1.55 bits per heavy atom. The molecule has 9 nitrogen and oxygen atoms in total. The molecule has 1 fully saturated rings. The second-order valence-corrected chi connectivity index (χ2v) is 9.95. The molecule has 1 saturated heterocycles. The van der Waals surface area contributed by atoms with Crippen LogP contribution in [0.5, 0.6) is 0 Å². The van der Waals surface area contributed by atoms with E-state index >= 15 is 0 Å². The lowest BCUT2D eigenvalue weighted by atomic mass is 10.2. The second-order valence-electron chi connectivity index (χ2n) is 6.75. The maximum absolute atomic E-state index is 13.2. The van der Waals surface area contributed by atoms with Gasteiger partial charge in [-0.15, -0.1) is 0 Å². The molecule has 1 aliphatic rings. The fourth-order valence-electron chi connectivity index (χ4n) is 3.60. The number of hydrogen-bond donors (Lipinski definition) is 1. The van der Waals surface area contributed by atoms with Crippen molar-refractivity contribution in [3.63, 3.8) is 0 Å². The van der Waals surface area contributed by atoms with Crippen LogP contribution in [0.15, 0.2) is 53.4 Å². The van der Waals surface area contributed by atoms with Gasteiger partial charge in [0, 0.05) is 26.2 Å². The molecule has 0 radical (unpaired) electrons. The first-order chi connectivity index (χ1) is 13.7. The fourth-order valence-corrected chi connectivity index (χ4v) is 5.73. The molecule has 2 aromatic carbocycles. The molecule has 0 aliphatic carbocycles. The summed E-state index contributed by atoms with van der Waals surface area (Å²) in [4.78, 5) is 6.62. The Hall–Kier alpha value is -2.47. The highest BCUT2D eigenvalue weighted by atomic mass is 32.2. The number of hydrogen-bond acceptors (Lipinski definition) is 6. The van der Waals surface area contributed by atoms with Crippen molar-refractivity contribution in [3.8, 4) is 0 Å². The second kappa shape index (κ2) is 7.10. The molecule has 0 atom stereocenters. The van der Waals surface area contributed by atoms with Gasteiger partial charge in [0.2, 0.25) is 0 Å². The minimum atomic E-state index is -4.22. The molecule has 1 aliphatic heterocycles. The van der Waals surface area contributed by atoms with E-state index in [0.717, 1.165) is 9.99 Å². The van der Waals surface area contributed by atoms with Crippen LogP contribution < -0.4 is 4.90 Å². The Morgan fingerprint density at radius 3 is 2.17 bits per heavy atom. The van der Waals surface area contributed by atoms with E-state index in [1.165, 1.54) is 3.97 Å². The Bertz CT molecular complexity index is 1260. The number of aryl methyl sites for hydroxylation is 1. The summed E-state index contributed by atoms with van der Waals surface area (Å²) >= 11 is 0. The topological polar surface area (TPSA) is 113 Å². The third kappa shape index (κ3) is 3.50. The standard InChI is InChI=1S/C18H20N4O5S2/c1-14-19-18-16(20-10-12-21(13-11-20)29(25,26)27)8-5-9-17(18)22(14)28(23,24)15-6-3-2-4-7-15/h2-9H,10-13H2,1H3,(H,25,26,27). The lowest BCUT2D eigenvalue weighted by Gasteiger charge is -2.34. The van der Waals surface area contributed by atoms with Crippen LogP contribution in [0.2, 0.25) is 0 Å². The average Bonchev–Trinajstić information content (AvgIpc) is 3.04. The molecule has 154 valence electrons. The van der Waals surface area contributed by atoms with Crippen molar-refractivity contribution < 1.29 is 21.4 Å². The van der Waals surface area contributed by atoms with E-state index in [0.29, 0.717) is 29.9 Å². The normalized spacial score (nSPS) is 16.4. The first kappa shape index (κ1) is 19.8. The molecule has 3 aromatic rings. The van der Waals surface area contributed by atoms with E-state index < -0.39 is 20.3 Å². The van der Waals surface area contributed by atoms with Crippen molar-refractivity contribution >= 4 is 37.0 Å². The van der Waals surface area contributed by atoms with E-state index in [4.69, 9.17) is 0 Å². The molecule has 2 heterocycles. The van der Waals surface area contributed by atoms with E-state index in [2.05, 4.69) is 4.98 Å². The number of imidazole rings is 1. The van der Waals surface area contributed by atoms with Crippen LogP contribution in [0.25, 0.3) is 11.0 Å². The number of rotatable bonds is 4. The quantitative estimate of drug-likeness (QED) is 0.617. The van der Waals surface area contributed by atoms with Crippen molar-refractivity contribution in [1.82, 2.24) is 13.3 Å². The van der Waals surface area contributed by atoms with Crippen LogP contribution in [0.3, 0.4) is 0 Å². The Kier molecular flexibility index (Phi) is 4.85. The molecule has 11 heteroatoms. The van der Waals surface area contributed by atoms with Gasteiger partial charge in [-0.2, -0.15) is 12.7 Å². The molecule has 1 N–H and O–H groups in total. The number of benzene rings is 2. The fraction of sp³-hybridized carbons (Fsp3) is 0.278. The maximum atomic E-state index is 13.2. The van der Waals surface area contributed by atoms with Gasteiger partial charge in [-0.25, -0.2) is 17.4 Å². The summed E-state index contributed by atoms with van der Waals surface area (Å²) in [5.74, 6) is 0.341. The number of nitrogens with zero attached hydrogens (tertiary/aromatic N) is 4. The molecular formula is C18H20N4O5S2. The lowest BCUT2D eigenvalue weighted by Crippen LogP contribution is -2.48. The van der Waals surface area contributed by atoms with Gasteiger partial charge in [-0.05, 0) is 31.2 Å². The number of fused-ring (bicyclic) bond motifs is 1. The molecule has 0 bridgehead atoms. The van der Waals surface area contributed by atoms with Crippen molar-refractivity contribution in [3.05, 3.63) is 54.4 Å².